The van der Waals surface area contributed by atoms with Crippen molar-refractivity contribution in [3.05, 3.63) is 35.9 Å². The van der Waals surface area contributed by atoms with Crippen LogP contribution in [0.2, 0.25) is 0 Å². The Hall–Kier alpha value is -5.96. The van der Waals surface area contributed by atoms with E-state index in [1.54, 1.807) is 43.0 Å². The first kappa shape index (κ1) is 72.1. The van der Waals surface area contributed by atoms with Crippen LogP contribution in [0.25, 0.3) is 0 Å². The number of hydrogen-bond donors (Lipinski definition) is 9. The van der Waals surface area contributed by atoms with Crippen molar-refractivity contribution in [1.82, 2.24) is 57.7 Å². The largest absolute Gasteiger partial charge is 0.354 e. The summed E-state index contributed by atoms with van der Waals surface area (Å²) in [6, 6.07) is 3.73. The third-order valence-corrected chi connectivity index (χ3v) is 14.4. The summed E-state index contributed by atoms with van der Waals surface area (Å²) in [5, 5.41) is 25.6. The number of unbranched alkanes of at least 4 members (excludes halogenated alkanes) is 5. The summed E-state index contributed by atoms with van der Waals surface area (Å²) in [5.74, 6) is -5.16. The summed E-state index contributed by atoms with van der Waals surface area (Å²) >= 11 is 0. The average Bonchev–Trinajstić information content (AvgIpc) is 3.90. The Labute approximate surface area is 490 Å². The van der Waals surface area contributed by atoms with Gasteiger partial charge in [0.2, 0.25) is 47.3 Å². The lowest BCUT2D eigenvalue weighted by atomic mass is 9.96. The number of benzene rings is 1. The average molecular weight is 1150 g/mol. The Morgan fingerprint density at radius 2 is 1.13 bits per heavy atom. The van der Waals surface area contributed by atoms with Crippen molar-refractivity contribution in [2.24, 2.45) is 17.8 Å². The third kappa shape index (κ3) is 25.7. The normalized spacial score (nSPS) is 15.7. The number of hydrogen-bond acceptors (Lipinski definition) is 12. The number of likely N-dealkylation sites (N-methyl/N-ethyl adjacent to an activating group) is 1. The number of nitrogens with zero attached hydrogens (tertiary/aromatic N) is 2. The van der Waals surface area contributed by atoms with Gasteiger partial charge in [-0.25, -0.2) is 0 Å². The number of carbonyl (C=O) groups excluding carboxylic acids is 10. The third-order valence-electron chi connectivity index (χ3n) is 14.4. The Morgan fingerprint density at radius 3 is 1.72 bits per heavy atom. The summed E-state index contributed by atoms with van der Waals surface area (Å²) < 4.78 is 0. The number of carbonyl (C=O) groups is 10. The minimum absolute atomic E-state index is 0.0287. The van der Waals surface area contributed by atoms with E-state index in [1.165, 1.54) is 27.7 Å². The van der Waals surface area contributed by atoms with Crippen LogP contribution in [0.3, 0.4) is 0 Å². The lowest BCUT2D eigenvalue weighted by Crippen LogP contribution is -2.65. The molecule has 82 heavy (non-hydrogen) atoms. The van der Waals surface area contributed by atoms with Gasteiger partial charge in [-0.05, 0) is 131 Å². The van der Waals surface area contributed by atoms with Crippen molar-refractivity contribution >= 4 is 58.9 Å². The van der Waals surface area contributed by atoms with Gasteiger partial charge < -0.3 is 52.3 Å². The van der Waals surface area contributed by atoms with Gasteiger partial charge in [-0.3, -0.25) is 53.3 Å². The Morgan fingerprint density at radius 1 is 0.598 bits per heavy atom. The fraction of sp³-hybridized carbons (Fsp3) is 0.738. The van der Waals surface area contributed by atoms with Crippen LogP contribution in [-0.2, 0) is 43.2 Å². The minimum atomic E-state index is -1.57. The van der Waals surface area contributed by atoms with Gasteiger partial charge >= 0.3 is 0 Å². The molecule has 9 N–H and O–H groups in total. The van der Waals surface area contributed by atoms with Crippen LogP contribution in [-0.4, -0.2) is 162 Å². The Bertz CT molecular complexity index is 2270. The smallest absolute Gasteiger partial charge is 0.254 e. The second kappa shape index (κ2) is 34.6. The Kier molecular flexibility index (Phi) is 30.4. The highest BCUT2D eigenvalue weighted by atomic mass is 16.2. The van der Waals surface area contributed by atoms with E-state index < -0.39 is 94.0 Å². The molecule has 9 amide bonds. The molecule has 0 aromatic heterocycles. The summed E-state index contributed by atoms with van der Waals surface area (Å²) in [4.78, 5) is 141. The molecular weight excluding hydrogens is 1050 g/mol. The maximum absolute atomic E-state index is 14.3. The summed E-state index contributed by atoms with van der Waals surface area (Å²) in [7, 11) is 3.80. The van der Waals surface area contributed by atoms with Gasteiger partial charge in [0.05, 0.1) is 18.1 Å². The topological polar surface area (TPSA) is 285 Å². The maximum Gasteiger partial charge on any atom is 0.254 e. The van der Waals surface area contributed by atoms with Crippen molar-refractivity contribution in [3.63, 3.8) is 0 Å². The molecule has 0 aliphatic carbocycles. The van der Waals surface area contributed by atoms with Gasteiger partial charge in [0.25, 0.3) is 5.91 Å². The number of likely N-dealkylation sites (tertiary alicyclic amines) is 1. The SMILES string of the molecule is CCCCCCCC[C@H](NC(=O)[C@@H]1CCCN1C(=O)c1ccccc1)C(=O)N[C@@H](CC(C)C)C(=O)CNC(C)(C)C(=O)N[C@@H](CC(C)C)C(=O)N[C@@H](CC(C)C)C(=O)NC(C)(C)C(=O)NC(C)(C)C(=O)NCCC(=O)N[C@@H](C)CN(C)C. The van der Waals surface area contributed by atoms with Gasteiger partial charge in [0.1, 0.15) is 35.2 Å². The molecule has 0 bridgehead atoms. The van der Waals surface area contributed by atoms with E-state index >= 15 is 0 Å². The van der Waals surface area contributed by atoms with E-state index in [4.69, 9.17) is 0 Å². The first-order chi connectivity index (χ1) is 38.2. The first-order valence-corrected chi connectivity index (χ1v) is 29.9. The predicted octanol–water partition coefficient (Wildman–Crippen LogP) is 4.42. The molecule has 464 valence electrons. The van der Waals surface area contributed by atoms with E-state index in [0.29, 0.717) is 44.3 Å². The molecule has 21 heteroatoms. The standard InChI is InChI=1S/C61H105N11O10/c1-17-18-19-20-21-25-29-44(65-54(78)48-30-26-33-72(48)55(79)43-27-23-22-24-28-43)51(75)66-45(34-39(2)3)49(73)37-63-59(9,10)57(81)68-46(35-40(4)5)52(76)67-47(36-41(6)7)53(77)69-61(13,14)58(82)70-60(11,12)56(80)62-32-31-50(74)64-42(8)38-71(15)16/h22-24,27-28,39-42,44-48,63H,17-21,25-26,29-38H2,1-16H3,(H,62,80)(H,64,74)(H,65,78)(H,66,75)(H,67,76)(H,68,81)(H,69,77)(H,70,82)/t42-,44-,45-,46-,47-,48-/m0/s1. The molecule has 1 aromatic rings. The number of nitrogens with one attached hydrogen (secondary N) is 9. The summed E-state index contributed by atoms with van der Waals surface area (Å²) in [6.07, 6.45) is 7.84. The van der Waals surface area contributed by atoms with Crippen LogP contribution in [0.15, 0.2) is 30.3 Å². The molecule has 1 aliphatic rings. The van der Waals surface area contributed by atoms with Gasteiger partial charge in [0, 0.05) is 37.7 Å². The van der Waals surface area contributed by atoms with Crippen molar-refractivity contribution in [2.75, 3.05) is 40.3 Å². The molecule has 21 nitrogen and oxygen atoms in total. The zero-order chi connectivity index (χ0) is 62.1. The van der Waals surface area contributed by atoms with Crippen molar-refractivity contribution in [3.8, 4) is 0 Å². The fourth-order valence-corrected chi connectivity index (χ4v) is 9.64. The molecule has 1 fully saturated rings. The van der Waals surface area contributed by atoms with Crippen molar-refractivity contribution in [1.29, 1.82) is 0 Å². The Balaban J connectivity index is 2.19. The van der Waals surface area contributed by atoms with Crippen LogP contribution in [0.4, 0.5) is 0 Å². The minimum Gasteiger partial charge on any atom is -0.354 e. The van der Waals surface area contributed by atoms with Gasteiger partial charge in [-0.15, -0.1) is 0 Å². The first-order valence-electron chi connectivity index (χ1n) is 29.9. The zero-order valence-electron chi connectivity index (χ0n) is 52.6. The molecule has 0 radical (unpaired) electrons. The second-order valence-corrected chi connectivity index (χ2v) is 25.6. The van der Waals surface area contributed by atoms with Gasteiger partial charge in [-0.1, -0.05) is 105 Å². The van der Waals surface area contributed by atoms with E-state index in [9.17, 15) is 47.9 Å². The monoisotopic (exact) mass is 1150 g/mol. The van der Waals surface area contributed by atoms with Crippen molar-refractivity contribution < 1.29 is 47.9 Å². The van der Waals surface area contributed by atoms with E-state index in [1.807, 2.05) is 73.5 Å². The van der Waals surface area contributed by atoms with Crippen LogP contribution in [0, 0.1) is 17.8 Å². The van der Waals surface area contributed by atoms with Crippen molar-refractivity contribution in [2.45, 2.75) is 233 Å². The fourth-order valence-electron chi connectivity index (χ4n) is 9.64. The molecule has 2 rings (SSSR count). The molecule has 6 atom stereocenters. The molecule has 1 heterocycles. The molecule has 1 saturated heterocycles. The number of amides is 9. The summed E-state index contributed by atoms with van der Waals surface area (Å²) in [6.45, 7) is 25.2. The highest BCUT2D eigenvalue weighted by Gasteiger charge is 2.41. The number of rotatable bonds is 37. The maximum atomic E-state index is 14.3. The molecule has 1 aliphatic heterocycles. The number of ketones is 1. The van der Waals surface area contributed by atoms with E-state index in [0.717, 1.165) is 32.1 Å². The van der Waals surface area contributed by atoms with Gasteiger partial charge in [-0.2, -0.15) is 0 Å². The van der Waals surface area contributed by atoms with E-state index in [2.05, 4.69) is 54.8 Å². The lowest BCUT2D eigenvalue weighted by Gasteiger charge is -2.33. The number of Topliss-reactive ketones (excluding diaryl/α,β-unsaturated/α-hetero) is 1. The second-order valence-electron chi connectivity index (χ2n) is 25.6. The molecule has 1 aromatic carbocycles. The molecule has 0 unspecified atom stereocenters. The zero-order valence-corrected chi connectivity index (χ0v) is 52.6. The van der Waals surface area contributed by atoms with Gasteiger partial charge in [0.15, 0.2) is 5.78 Å². The quantitative estimate of drug-likeness (QED) is 0.0419. The van der Waals surface area contributed by atoms with Crippen LogP contribution in [0.1, 0.15) is 191 Å². The summed E-state index contributed by atoms with van der Waals surface area (Å²) in [5.41, 5.74) is -3.96. The van der Waals surface area contributed by atoms with Crippen LogP contribution in [0.5, 0.6) is 0 Å². The van der Waals surface area contributed by atoms with Crippen LogP contribution >= 0.6 is 0 Å². The molecule has 0 saturated carbocycles. The molecule has 0 spiro atoms. The lowest BCUT2D eigenvalue weighted by molar-refractivity contribution is -0.138. The highest BCUT2D eigenvalue weighted by molar-refractivity contribution is 6.00. The van der Waals surface area contributed by atoms with E-state index in [-0.39, 0.29) is 74.4 Å². The molecular formula is C61H105N11O10. The highest BCUT2D eigenvalue weighted by Crippen LogP contribution is 2.22. The predicted molar refractivity (Wildman–Crippen MR) is 320 cm³/mol. The van der Waals surface area contributed by atoms with Crippen LogP contribution < -0.4 is 47.9 Å².